The molecule has 0 aliphatic heterocycles. The molecule has 1 aromatic carbocycles. The van der Waals surface area contributed by atoms with Gasteiger partial charge < -0.3 is 9.67 Å². The van der Waals surface area contributed by atoms with Crippen molar-refractivity contribution in [2.24, 2.45) is 11.3 Å². The highest BCUT2D eigenvalue weighted by molar-refractivity contribution is 5.96. The Morgan fingerprint density at radius 2 is 2.07 bits per heavy atom. The van der Waals surface area contributed by atoms with E-state index in [9.17, 15) is 9.90 Å². The van der Waals surface area contributed by atoms with Crippen molar-refractivity contribution in [2.45, 2.75) is 76.9 Å². The first-order chi connectivity index (χ1) is 13.0. The van der Waals surface area contributed by atoms with Gasteiger partial charge in [0.1, 0.15) is 0 Å². The summed E-state index contributed by atoms with van der Waals surface area (Å²) in [5, 5.41) is 14.1. The van der Waals surface area contributed by atoms with Crippen LogP contribution >= 0.6 is 0 Å². The van der Waals surface area contributed by atoms with E-state index in [1.807, 2.05) is 26.0 Å². The van der Waals surface area contributed by atoms with Crippen LogP contribution in [0.3, 0.4) is 0 Å². The van der Waals surface area contributed by atoms with Crippen molar-refractivity contribution in [3.8, 4) is 0 Å². The van der Waals surface area contributed by atoms with Gasteiger partial charge in [-0.15, -0.1) is 0 Å². The summed E-state index contributed by atoms with van der Waals surface area (Å²) in [4.78, 5) is 17.5. The minimum absolute atomic E-state index is 0.141. The molecule has 3 saturated carbocycles. The molecule has 1 spiro atoms. The summed E-state index contributed by atoms with van der Waals surface area (Å²) < 4.78 is 2.22. The second kappa shape index (κ2) is 5.81. The van der Waals surface area contributed by atoms with Gasteiger partial charge >= 0.3 is 0 Å². The maximum atomic E-state index is 12.7. The third-order valence-electron chi connectivity index (χ3n) is 7.47. The number of benzene rings is 1. The third-order valence-corrected chi connectivity index (χ3v) is 7.47. The zero-order valence-electron chi connectivity index (χ0n) is 16.3. The lowest BCUT2D eigenvalue weighted by Crippen LogP contribution is -2.24. The lowest BCUT2D eigenvalue weighted by atomic mass is 9.88. The maximum absolute atomic E-state index is 12.7. The molecule has 1 aromatic heterocycles. The molecular formula is C22H29N3O2. The van der Waals surface area contributed by atoms with Crippen LogP contribution in [0.15, 0.2) is 18.2 Å². The topological polar surface area (TPSA) is 67.2 Å². The Hall–Kier alpha value is -1.88. The van der Waals surface area contributed by atoms with Gasteiger partial charge in [0.2, 0.25) is 11.9 Å². The molecule has 5 nitrogen and oxygen atoms in total. The highest BCUT2D eigenvalue weighted by Crippen LogP contribution is 2.70. The number of carbonyl (C=O) groups excluding carboxylic acids is 1. The van der Waals surface area contributed by atoms with E-state index in [0.717, 1.165) is 35.9 Å². The van der Waals surface area contributed by atoms with Crippen molar-refractivity contribution >= 4 is 22.9 Å². The predicted molar refractivity (Wildman–Crippen MR) is 106 cm³/mol. The summed E-state index contributed by atoms with van der Waals surface area (Å²) in [7, 11) is 0. The second-order valence-electron chi connectivity index (χ2n) is 8.94. The van der Waals surface area contributed by atoms with Crippen molar-refractivity contribution in [2.75, 3.05) is 5.32 Å². The summed E-state index contributed by atoms with van der Waals surface area (Å²) in [5.74, 6) is 1.02. The fourth-order valence-corrected chi connectivity index (χ4v) is 4.77. The van der Waals surface area contributed by atoms with Crippen molar-refractivity contribution in [3.63, 3.8) is 0 Å². The molecule has 0 saturated heterocycles. The van der Waals surface area contributed by atoms with Crippen LogP contribution in [-0.4, -0.2) is 20.6 Å². The van der Waals surface area contributed by atoms with E-state index in [4.69, 9.17) is 4.98 Å². The first kappa shape index (κ1) is 17.2. The Kier molecular flexibility index (Phi) is 3.71. The van der Waals surface area contributed by atoms with Crippen molar-refractivity contribution in [1.82, 2.24) is 9.55 Å². The highest BCUT2D eigenvalue weighted by Gasteiger charge is 2.65. The van der Waals surface area contributed by atoms with Gasteiger partial charge in [-0.05, 0) is 74.5 Å². The zero-order valence-corrected chi connectivity index (χ0v) is 16.3. The molecule has 2 N–H and O–H groups in total. The smallest absolute Gasteiger partial charge is 0.230 e. The second-order valence-corrected chi connectivity index (χ2v) is 8.94. The van der Waals surface area contributed by atoms with Crippen molar-refractivity contribution in [3.05, 3.63) is 23.8 Å². The molecule has 3 fully saturated rings. The lowest BCUT2D eigenvalue weighted by Gasteiger charge is -2.30. The minimum atomic E-state index is -0.807. The van der Waals surface area contributed by atoms with Gasteiger partial charge in [0.05, 0.1) is 16.6 Å². The summed E-state index contributed by atoms with van der Waals surface area (Å²) in [6.07, 6.45) is 8.29. The zero-order chi connectivity index (χ0) is 18.8. The van der Waals surface area contributed by atoms with E-state index in [1.165, 1.54) is 19.3 Å². The molecule has 5 heteroatoms. The summed E-state index contributed by atoms with van der Waals surface area (Å²) in [5.41, 5.74) is 2.41. The van der Waals surface area contributed by atoms with Crippen LogP contribution < -0.4 is 5.32 Å². The van der Waals surface area contributed by atoms with Gasteiger partial charge in [0.25, 0.3) is 0 Å². The fraction of sp³-hybridized carbons (Fsp3) is 0.636. The van der Waals surface area contributed by atoms with E-state index in [2.05, 4.69) is 16.0 Å². The number of carbonyl (C=O) groups is 1. The first-order valence-electron chi connectivity index (χ1n) is 10.6. The van der Waals surface area contributed by atoms with Gasteiger partial charge in [-0.2, -0.15) is 0 Å². The van der Waals surface area contributed by atoms with E-state index in [1.54, 1.807) is 0 Å². The number of nitrogens with zero attached hydrogens (tertiary/aromatic N) is 2. The van der Waals surface area contributed by atoms with E-state index in [-0.39, 0.29) is 11.8 Å². The highest BCUT2D eigenvalue weighted by atomic mass is 16.3. The fourth-order valence-electron chi connectivity index (χ4n) is 4.77. The lowest BCUT2D eigenvalue weighted by molar-refractivity contribution is -0.117. The normalized spacial score (nSPS) is 23.4. The Bertz CT molecular complexity index is 904. The van der Waals surface area contributed by atoms with Crippen molar-refractivity contribution < 1.29 is 9.90 Å². The number of fused-ring (bicyclic) bond motifs is 1. The van der Waals surface area contributed by atoms with Crippen LogP contribution in [0.1, 0.15) is 76.8 Å². The first-order valence-corrected chi connectivity index (χ1v) is 10.6. The van der Waals surface area contributed by atoms with Gasteiger partial charge in [0, 0.05) is 12.0 Å². The average Bonchev–Trinajstić information content (AvgIpc) is 3.54. The van der Waals surface area contributed by atoms with Crippen molar-refractivity contribution in [1.29, 1.82) is 0 Å². The number of hydrogen-bond acceptors (Lipinski definition) is 3. The number of nitrogens with one attached hydrogen (secondary N) is 1. The maximum Gasteiger partial charge on any atom is 0.230 e. The molecule has 1 heterocycles. The number of aliphatic hydroxyl groups is 1. The molecule has 5 rings (SSSR count). The molecule has 1 atom stereocenters. The van der Waals surface area contributed by atoms with Gasteiger partial charge in [-0.25, -0.2) is 4.98 Å². The summed E-state index contributed by atoms with van der Waals surface area (Å²) >= 11 is 0. The third kappa shape index (κ3) is 2.62. The number of aromatic nitrogens is 2. The van der Waals surface area contributed by atoms with Gasteiger partial charge in [-0.3, -0.25) is 10.1 Å². The van der Waals surface area contributed by atoms with E-state index >= 15 is 0 Å². The Balaban J connectivity index is 1.53. The molecule has 0 bridgehead atoms. The summed E-state index contributed by atoms with van der Waals surface area (Å²) in [6, 6.07) is 6.46. The monoisotopic (exact) mass is 367 g/mol. The number of hydrogen-bond donors (Lipinski definition) is 2. The number of amides is 1. The Labute approximate surface area is 160 Å². The molecule has 144 valence electrons. The molecule has 2 aromatic rings. The predicted octanol–water partition coefficient (Wildman–Crippen LogP) is 4.51. The molecule has 27 heavy (non-hydrogen) atoms. The number of imidazole rings is 1. The number of rotatable bonds is 6. The molecule has 3 aliphatic carbocycles. The van der Waals surface area contributed by atoms with E-state index < -0.39 is 5.60 Å². The number of anilines is 1. The average molecular weight is 367 g/mol. The standard InChI is InChI=1S/C22H29N3O2/c1-3-22(27,4-2)14-8-9-17-18(12-14)25(15-6-5-7-15)20(23-17)24-19(26)16-13-21(16)10-11-21/h8-9,12,15-16,27H,3-7,10-11,13H2,1-2H3,(H,23,24,26). The molecule has 3 aliphatic rings. The van der Waals surface area contributed by atoms with Crippen LogP contribution in [0.2, 0.25) is 0 Å². The van der Waals surface area contributed by atoms with Crippen LogP contribution in [-0.2, 0) is 10.4 Å². The minimum Gasteiger partial charge on any atom is -0.385 e. The SMILES string of the molecule is CCC(O)(CC)c1ccc2nc(NC(=O)C3CC34CC4)n(C3CCC3)c2c1. The molecule has 0 radical (unpaired) electrons. The van der Waals surface area contributed by atoms with Crippen LogP contribution in [0.4, 0.5) is 5.95 Å². The van der Waals surface area contributed by atoms with Crippen LogP contribution in [0.5, 0.6) is 0 Å². The van der Waals surface area contributed by atoms with Crippen LogP contribution in [0, 0.1) is 11.3 Å². The largest absolute Gasteiger partial charge is 0.385 e. The van der Waals surface area contributed by atoms with E-state index in [0.29, 0.717) is 30.2 Å². The van der Waals surface area contributed by atoms with Crippen LogP contribution in [0.25, 0.3) is 11.0 Å². The molecule has 1 amide bonds. The molecule has 1 unspecified atom stereocenters. The summed E-state index contributed by atoms with van der Waals surface area (Å²) in [6.45, 7) is 4.04. The van der Waals surface area contributed by atoms with Gasteiger partial charge in [-0.1, -0.05) is 19.9 Å². The van der Waals surface area contributed by atoms with Gasteiger partial charge in [0.15, 0.2) is 0 Å². The molecular weight excluding hydrogens is 338 g/mol. The quantitative estimate of drug-likeness (QED) is 0.789. The Morgan fingerprint density at radius 1 is 1.33 bits per heavy atom. The Morgan fingerprint density at radius 3 is 2.63 bits per heavy atom.